The highest BCUT2D eigenvalue weighted by Gasteiger charge is 2.38. The Balaban J connectivity index is 0.808. The fourth-order valence-corrected chi connectivity index (χ4v) is 14.0. The van der Waals surface area contributed by atoms with Gasteiger partial charge in [0.2, 0.25) is 0 Å². The Bertz CT molecular complexity index is 4780. The first-order valence-electron chi connectivity index (χ1n) is 30.7. The van der Waals surface area contributed by atoms with Gasteiger partial charge in [-0.05, 0) is 89.9 Å². The van der Waals surface area contributed by atoms with Crippen molar-refractivity contribution in [2.24, 2.45) is 0 Å². The summed E-state index contributed by atoms with van der Waals surface area (Å²) >= 11 is 20.6. The molecule has 0 saturated carbocycles. The van der Waals surface area contributed by atoms with Crippen LogP contribution in [-0.4, -0.2) is 149 Å². The van der Waals surface area contributed by atoms with E-state index >= 15 is 0 Å². The first kappa shape index (κ1) is 67.0. The second kappa shape index (κ2) is 27.6. The summed E-state index contributed by atoms with van der Waals surface area (Å²) < 4.78 is 47.6. The van der Waals surface area contributed by atoms with Gasteiger partial charge in [0, 0.05) is 126 Å². The van der Waals surface area contributed by atoms with Gasteiger partial charge in [0.25, 0.3) is 0 Å². The first-order chi connectivity index (χ1) is 45.9. The number of aromatic hydroxyl groups is 3. The molecule has 0 amide bonds. The number of likely N-dealkylation sites (tertiary alicyclic amines) is 3. The van der Waals surface area contributed by atoms with Crippen LogP contribution in [0.5, 0.6) is 34.5 Å². The van der Waals surface area contributed by atoms with Gasteiger partial charge in [0.15, 0.2) is 16.3 Å². The number of aliphatic hydroxyl groups is 3. The third kappa shape index (κ3) is 13.3. The maximum atomic E-state index is 14.3. The van der Waals surface area contributed by atoms with E-state index < -0.39 is 94.5 Å². The number of ether oxygens (including phenoxy) is 5. The zero-order valence-electron chi connectivity index (χ0n) is 52.1. The SMILES string of the molecule is CC(=O)Oc1cc(O)c2c(=O)cc(-c3cccc(CCOC(=O)Oc4cc(O)c5c(=O)cc(-c6cccc(COC(=O)Oc7cc(O)c8c(=O)cc(-c9ccccc9Cl)oc8c7[C@H]7CCN(C)C[C@H]7O)c6Cl)oc5c4[C@H]4CCN(C)C[C@H]4O)c3Cl)oc2c1[C@H]1CCN(C)C[C@H]1O. The molecule has 3 aliphatic rings. The number of phenols is 3. The molecule has 6 atom stereocenters. The molecule has 0 bridgehead atoms. The van der Waals surface area contributed by atoms with Crippen LogP contribution in [0, 0.1) is 0 Å². The van der Waals surface area contributed by atoms with Gasteiger partial charge in [-0.25, -0.2) is 9.59 Å². The number of nitrogens with zero attached hydrogens (tertiary/aromatic N) is 3. The monoisotopic (exact) mass is 1370 g/mol. The summed E-state index contributed by atoms with van der Waals surface area (Å²) in [6.45, 7) is 2.45. The number of esters is 1. The van der Waals surface area contributed by atoms with Crippen molar-refractivity contribution in [3.63, 3.8) is 0 Å². The van der Waals surface area contributed by atoms with Crippen LogP contribution in [0.25, 0.3) is 66.9 Å². The molecule has 12 rings (SSSR count). The fraction of sp³-hybridized carbons (Fsp3) is 0.314. The van der Waals surface area contributed by atoms with Gasteiger partial charge in [-0.3, -0.25) is 19.2 Å². The van der Waals surface area contributed by atoms with Gasteiger partial charge in [0.1, 0.15) is 91.3 Å². The number of likely N-dealkylation sites (N-methyl/N-ethyl adjacent to an activating group) is 3. The number of β-amino-alcohol motifs (C(OH)–C–C–N with tert-alkyl or cyclic N) is 3. The Labute approximate surface area is 561 Å². The molecule has 3 aromatic heterocycles. The standard InChI is InChI=1S/C70H64Cl3N3O20/c1-33(77)91-55-26-46(81)62-44(79)24-53(93-66(62)58(55)37-15-19-74(2)29-49(37)84)40-12-7-9-34(64(40)72)18-22-89-69(87)95-56-27-47(82)63-45(80)25-54(94-68(63)59(56)38-16-20-75(3)30-50(38)85)41-13-8-10-35(65(41)73)32-90-70(88)96-57-28-48(83)61-43(78)23-52(36-11-5-6-14-42(36)71)92-67(61)60(57)39-17-21-76(4)31-51(39)86/h5-14,23-28,37-39,49-51,81-86H,15-22,29-32H2,1-4H3/t37-,38-,39-,49+,50+,51+/m0/s1. The lowest BCUT2D eigenvalue weighted by Gasteiger charge is -2.34. The molecule has 0 aliphatic carbocycles. The van der Waals surface area contributed by atoms with Crippen molar-refractivity contribution in [3.05, 3.63) is 171 Å². The molecule has 500 valence electrons. The van der Waals surface area contributed by atoms with E-state index in [0.717, 1.165) is 30.3 Å². The Kier molecular flexibility index (Phi) is 19.3. The number of rotatable bonds is 14. The molecule has 6 heterocycles. The predicted octanol–water partition coefficient (Wildman–Crippen LogP) is 10.8. The topological polar surface area (TPSA) is 319 Å². The van der Waals surface area contributed by atoms with Crippen LogP contribution in [0.4, 0.5) is 9.59 Å². The number of benzene rings is 6. The summed E-state index contributed by atoms with van der Waals surface area (Å²) in [4.78, 5) is 87.5. The highest BCUT2D eigenvalue weighted by Crippen LogP contribution is 2.48. The fourth-order valence-electron chi connectivity index (χ4n) is 13.2. The molecule has 9 aromatic rings. The summed E-state index contributed by atoms with van der Waals surface area (Å²) in [7, 11) is 5.48. The molecule has 3 fully saturated rings. The minimum absolute atomic E-state index is 0.0230. The van der Waals surface area contributed by atoms with Crippen molar-refractivity contribution in [1.82, 2.24) is 14.7 Å². The van der Waals surface area contributed by atoms with E-state index in [2.05, 4.69) is 0 Å². The Hall–Kier alpha value is -9.01. The molecule has 96 heavy (non-hydrogen) atoms. The van der Waals surface area contributed by atoms with Crippen LogP contribution in [0.2, 0.25) is 15.1 Å². The van der Waals surface area contributed by atoms with Crippen molar-refractivity contribution >= 4 is 86.0 Å². The number of carbonyl (C=O) groups is 3. The lowest BCUT2D eigenvalue weighted by Crippen LogP contribution is -2.40. The van der Waals surface area contributed by atoms with Crippen molar-refractivity contribution in [2.45, 2.75) is 75.3 Å². The zero-order valence-corrected chi connectivity index (χ0v) is 54.3. The lowest BCUT2D eigenvalue weighted by molar-refractivity contribution is -0.132. The molecular weight excluding hydrogens is 1310 g/mol. The molecule has 3 saturated heterocycles. The summed E-state index contributed by atoms with van der Waals surface area (Å²) in [5.74, 6) is -5.43. The van der Waals surface area contributed by atoms with Crippen LogP contribution in [0.1, 0.15) is 71.8 Å². The second-order valence-electron chi connectivity index (χ2n) is 24.4. The first-order valence-corrected chi connectivity index (χ1v) is 31.8. The van der Waals surface area contributed by atoms with Gasteiger partial charge in [-0.15, -0.1) is 0 Å². The molecule has 0 spiro atoms. The molecule has 26 heteroatoms. The molecule has 6 N–H and O–H groups in total. The number of hydrogen-bond acceptors (Lipinski definition) is 23. The van der Waals surface area contributed by atoms with E-state index in [-0.39, 0.29) is 155 Å². The average Bonchev–Trinajstić information content (AvgIpc) is 0.760. The molecular formula is C70H64Cl3N3O20. The molecule has 23 nitrogen and oxygen atoms in total. The average molecular weight is 1370 g/mol. The largest absolute Gasteiger partial charge is 0.514 e. The summed E-state index contributed by atoms with van der Waals surface area (Å²) in [6, 6.07) is 22.8. The van der Waals surface area contributed by atoms with Gasteiger partial charge >= 0.3 is 18.3 Å². The Morgan fingerprint density at radius 2 is 0.875 bits per heavy atom. The Morgan fingerprint density at radius 3 is 1.29 bits per heavy atom. The van der Waals surface area contributed by atoms with Crippen LogP contribution in [-0.2, 0) is 27.3 Å². The van der Waals surface area contributed by atoms with Crippen LogP contribution in [0.15, 0.2) is 125 Å². The summed E-state index contributed by atoms with van der Waals surface area (Å²) in [5.41, 5.74) is -0.743. The zero-order chi connectivity index (χ0) is 68.1. The highest BCUT2D eigenvalue weighted by atomic mass is 35.5. The Morgan fingerprint density at radius 1 is 0.500 bits per heavy atom. The third-order valence-electron chi connectivity index (χ3n) is 17.8. The minimum Gasteiger partial charge on any atom is -0.507 e. The van der Waals surface area contributed by atoms with Gasteiger partial charge in [-0.2, -0.15) is 0 Å². The molecule has 0 unspecified atom stereocenters. The maximum absolute atomic E-state index is 14.3. The van der Waals surface area contributed by atoms with Gasteiger partial charge in [0.05, 0.1) is 40.0 Å². The van der Waals surface area contributed by atoms with Gasteiger partial charge in [-0.1, -0.05) is 71.2 Å². The van der Waals surface area contributed by atoms with E-state index in [0.29, 0.717) is 43.6 Å². The number of piperidine rings is 3. The number of hydrogen-bond donors (Lipinski definition) is 6. The van der Waals surface area contributed by atoms with Gasteiger partial charge < -0.3 is 82.3 Å². The van der Waals surface area contributed by atoms with E-state index in [1.54, 1.807) is 55.6 Å². The number of phenolic OH excluding ortho intramolecular Hbond substituents is 3. The van der Waals surface area contributed by atoms with E-state index in [4.69, 9.17) is 71.7 Å². The number of fused-ring (bicyclic) bond motifs is 3. The van der Waals surface area contributed by atoms with E-state index in [1.165, 1.54) is 25.1 Å². The molecule has 3 aliphatic heterocycles. The third-order valence-corrected chi connectivity index (χ3v) is 19.0. The van der Waals surface area contributed by atoms with Crippen LogP contribution < -0.4 is 30.5 Å². The minimum atomic E-state index is -1.28. The maximum Gasteiger partial charge on any atom is 0.514 e. The summed E-state index contributed by atoms with van der Waals surface area (Å²) in [6.07, 6.45) is -4.68. The predicted molar refractivity (Wildman–Crippen MR) is 354 cm³/mol. The number of aliphatic hydroxyl groups excluding tert-OH is 3. The van der Waals surface area contributed by atoms with Crippen molar-refractivity contribution in [3.8, 4) is 68.5 Å². The van der Waals surface area contributed by atoms with Crippen molar-refractivity contribution in [2.75, 3.05) is 67.0 Å². The van der Waals surface area contributed by atoms with Crippen LogP contribution >= 0.6 is 34.8 Å². The smallest absolute Gasteiger partial charge is 0.507 e. The highest BCUT2D eigenvalue weighted by molar-refractivity contribution is 6.34. The van der Waals surface area contributed by atoms with E-state index in [1.807, 2.05) is 28.8 Å². The van der Waals surface area contributed by atoms with Crippen molar-refractivity contribution < 1.29 is 82.0 Å². The molecule has 0 radical (unpaired) electrons. The summed E-state index contributed by atoms with van der Waals surface area (Å²) in [5, 5.41) is 68.0. The lowest BCUT2D eigenvalue weighted by atomic mass is 9.85. The van der Waals surface area contributed by atoms with Crippen LogP contribution in [0.3, 0.4) is 0 Å². The second-order valence-corrected chi connectivity index (χ2v) is 25.5. The quantitative estimate of drug-likeness (QED) is 0.0335. The van der Waals surface area contributed by atoms with E-state index in [9.17, 15) is 59.4 Å². The number of halogens is 3. The molecule has 6 aromatic carbocycles. The normalized spacial score (nSPS) is 19.6. The van der Waals surface area contributed by atoms with Crippen molar-refractivity contribution in [1.29, 1.82) is 0 Å². The number of carbonyl (C=O) groups excluding carboxylic acids is 3.